The lowest BCUT2D eigenvalue weighted by molar-refractivity contribution is -0.121. The van der Waals surface area contributed by atoms with E-state index in [2.05, 4.69) is 10.6 Å². The van der Waals surface area contributed by atoms with E-state index in [1.807, 2.05) is 62.4 Å². The van der Waals surface area contributed by atoms with Crippen LogP contribution in [0.15, 0.2) is 59.0 Å². The Morgan fingerprint density at radius 3 is 2.58 bits per heavy atom. The second-order valence-electron chi connectivity index (χ2n) is 6.30. The van der Waals surface area contributed by atoms with Crippen LogP contribution in [0.5, 0.6) is 0 Å². The van der Waals surface area contributed by atoms with Crippen molar-refractivity contribution in [2.24, 2.45) is 0 Å². The van der Waals surface area contributed by atoms with Crippen molar-refractivity contribution in [3.05, 3.63) is 71.5 Å². The molecular weight excluding hydrogens is 328 g/mol. The summed E-state index contributed by atoms with van der Waals surface area (Å²) in [7, 11) is 0. The summed E-state index contributed by atoms with van der Waals surface area (Å²) in [4.78, 5) is 24.3. The molecule has 1 heterocycles. The first-order chi connectivity index (χ1) is 12.5. The van der Waals surface area contributed by atoms with Crippen molar-refractivity contribution < 1.29 is 14.0 Å². The summed E-state index contributed by atoms with van der Waals surface area (Å²) < 4.78 is 5.76. The molecule has 1 aromatic heterocycles. The minimum atomic E-state index is -0.234. The SMILES string of the molecule is Cc1ccccc1C(=O)NCCC(=O)N[C@@H](C)c1cc2ccccc2o1. The molecule has 0 unspecified atom stereocenters. The van der Waals surface area contributed by atoms with Gasteiger partial charge in [-0.25, -0.2) is 0 Å². The molecule has 0 aliphatic heterocycles. The third-order valence-corrected chi connectivity index (χ3v) is 4.28. The Labute approximate surface area is 152 Å². The minimum absolute atomic E-state index is 0.136. The lowest BCUT2D eigenvalue weighted by Gasteiger charge is -2.12. The van der Waals surface area contributed by atoms with E-state index in [1.165, 1.54) is 0 Å². The molecule has 26 heavy (non-hydrogen) atoms. The van der Waals surface area contributed by atoms with Gasteiger partial charge in [0.25, 0.3) is 5.91 Å². The molecule has 0 aliphatic carbocycles. The number of para-hydroxylation sites is 1. The van der Waals surface area contributed by atoms with Crippen molar-refractivity contribution in [3.63, 3.8) is 0 Å². The number of hydrogen-bond acceptors (Lipinski definition) is 3. The van der Waals surface area contributed by atoms with Gasteiger partial charge in [0.05, 0.1) is 6.04 Å². The Balaban J connectivity index is 1.49. The number of aryl methyl sites for hydroxylation is 1. The van der Waals surface area contributed by atoms with E-state index in [0.29, 0.717) is 11.3 Å². The maximum absolute atomic E-state index is 12.1. The number of amides is 2. The number of carbonyl (C=O) groups excluding carboxylic acids is 2. The normalized spacial score (nSPS) is 11.9. The van der Waals surface area contributed by atoms with Crippen LogP contribution in [0, 0.1) is 6.92 Å². The number of carbonyl (C=O) groups is 2. The van der Waals surface area contributed by atoms with Gasteiger partial charge in [-0.05, 0) is 37.6 Å². The van der Waals surface area contributed by atoms with Gasteiger partial charge in [0, 0.05) is 23.9 Å². The van der Waals surface area contributed by atoms with Gasteiger partial charge >= 0.3 is 0 Å². The van der Waals surface area contributed by atoms with Gasteiger partial charge in [0.15, 0.2) is 0 Å². The topological polar surface area (TPSA) is 71.3 Å². The van der Waals surface area contributed by atoms with E-state index in [-0.39, 0.29) is 30.8 Å². The molecule has 0 bridgehead atoms. The number of furan rings is 1. The van der Waals surface area contributed by atoms with Crippen molar-refractivity contribution in [3.8, 4) is 0 Å². The van der Waals surface area contributed by atoms with Crippen molar-refractivity contribution in [2.45, 2.75) is 26.3 Å². The van der Waals surface area contributed by atoms with Crippen molar-refractivity contribution >= 4 is 22.8 Å². The molecule has 0 aliphatic rings. The average molecular weight is 350 g/mol. The number of benzene rings is 2. The van der Waals surface area contributed by atoms with Gasteiger partial charge in [0.2, 0.25) is 5.91 Å². The highest BCUT2D eigenvalue weighted by Gasteiger charge is 2.14. The zero-order valence-electron chi connectivity index (χ0n) is 14.9. The van der Waals surface area contributed by atoms with Gasteiger partial charge in [-0.1, -0.05) is 36.4 Å². The zero-order chi connectivity index (χ0) is 18.5. The van der Waals surface area contributed by atoms with Crippen LogP contribution in [0.2, 0.25) is 0 Å². The predicted molar refractivity (Wildman–Crippen MR) is 101 cm³/mol. The Kier molecular flexibility index (Phi) is 5.37. The fraction of sp³-hybridized carbons (Fsp3) is 0.238. The first-order valence-electron chi connectivity index (χ1n) is 8.66. The predicted octanol–water partition coefficient (Wildman–Crippen LogP) is 3.74. The maximum Gasteiger partial charge on any atom is 0.251 e. The molecule has 2 amide bonds. The average Bonchev–Trinajstić information content (AvgIpc) is 3.06. The summed E-state index contributed by atoms with van der Waals surface area (Å²) >= 11 is 0. The van der Waals surface area contributed by atoms with Crippen LogP contribution >= 0.6 is 0 Å². The smallest absolute Gasteiger partial charge is 0.251 e. The highest BCUT2D eigenvalue weighted by atomic mass is 16.3. The summed E-state index contributed by atoms with van der Waals surface area (Å²) in [6, 6.07) is 16.8. The lowest BCUT2D eigenvalue weighted by Crippen LogP contribution is -2.32. The summed E-state index contributed by atoms with van der Waals surface area (Å²) in [5.74, 6) is 0.410. The highest BCUT2D eigenvalue weighted by Crippen LogP contribution is 2.23. The molecule has 2 N–H and O–H groups in total. The van der Waals surface area contributed by atoms with E-state index in [9.17, 15) is 9.59 Å². The lowest BCUT2D eigenvalue weighted by atomic mass is 10.1. The molecule has 2 aromatic carbocycles. The molecule has 0 spiro atoms. The van der Waals surface area contributed by atoms with E-state index >= 15 is 0 Å². The standard InChI is InChI=1S/C21H22N2O3/c1-14-7-3-5-9-17(14)21(25)22-12-11-20(24)23-15(2)19-13-16-8-4-6-10-18(16)26-19/h3-10,13,15H,11-12H2,1-2H3,(H,22,25)(H,23,24)/t15-/m0/s1. The Bertz CT molecular complexity index is 897. The second kappa shape index (κ2) is 7.87. The number of fused-ring (bicyclic) bond motifs is 1. The van der Waals surface area contributed by atoms with Crippen LogP contribution in [-0.4, -0.2) is 18.4 Å². The summed E-state index contributed by atoms with van der Waals surface area (Å²) in [5.41, 5.74) is 2.34. The fourth-order valence-corrected chi connectivity index (χ4v) is 2.81. The van der Waals surface area contributed by atoms with Gasteiger partial charge in [-0.2, -0.15) is 0 Å². The first-order valence-corrected chi connectivity index (χ1v) is 8.66. The first kappa shape index (κ1) is 17.7. The molecular formula is C21H22N2O3. The molecule has 5 nitrogen and oxygen atoms in total. The van der Waals surface area contributed by atoms with Crippen molar-refractivity contribution in [1.29, 1.82) is 0 Å². The van der Waals surface area contributed by atoms with E-state index in [0.717, 1.165) is 16.5 Å². The summed E-state index contributed by atoms with van der Waals surface area (Å²) in [5, 5.41) is 6.69. The third-order valence-electron chi connectivity index (χ3n) is 4.28. The van der Waals surface area contributed by atoms with E-state index < -0.39 is 0 Å². The minimum Gasteiger partial charge on any atom is -0.459 e. The van der Waals surface area contributed by atoms with Crippen LogP contribution in [0.25, 0.3) is 11.0 Å². The van der Waals surface area contributed by atoms with Gasteiger partial charge < -0.3 is 15.1 Å². The van der Waals surface area contributed by atoms with Gasteiger partial charge in [-0.15, -0.1) is 0 Å². The molecule has 3 aromatic rings. The van der Waals surface area contributed by atoms with E-state index in [1.54, 1.807) is 6.07 Å². The molecule has 5 heteroatoms. The zero-order valence-corrected chi connectivity index (χ0v) is 14.9. The molecule has 0 radical (unpaired) electrons. The maximum atomic E-state index is 12.1. The summed E-state index contributed by atoms with van der Waals surface area (Å²) in [6.07, 6.45) is 0.211. The molecule has 0 saturated carbocycles. The van der Waals surface area contributed by atoms with Crippen molar-refractivity contribution in [2.75, 3.05) is 6.54 Å². The Morgan fingerprint density at radius 2 is 1.81 bits per heavy atom. The fourth-order valence-electron chi connectivity index (χ4n) is 2.81. The number of rotatable bonds is 6. The molecule has 134 valence electrons. The highest BCUT2D eigenvalue weighted by molar-refractivity contribution is 5.95. The largest absolute Gasteiger partial charge is 0.459 e. The van der Waals surface area contributed by atoms with Crippen LogP contribution in [0.3, 0.4) is 0 Å². The molecule has 3 rings (SSSR count). The summed E-state index contributed by atoms with van der Waals surface area (Å²) in [6.45, 7) is 4.05. The monoisotopic (exact) mass is 350 g/mol. The number of nitrogens with one attached hydrogen (secondary N) is 2. The number of hydrogen-bond donors (Lipinski definition) is 2. The second-order valence-corrected chi connectivity index (χ2v) is 6.30. The van der Waals surface area contributed by atoms with E-state index in [4.69, 9.17) is 4.42 Å². The van der Waals surface area contributed by atoms with Gasteiger partial charge in [0.1, 0.15) is 11.3 Å². The van der Waals surface area contributed by atoms with Crippen LogP contribution in [0.4, 0.5) is 0 Å². The Morgan fingerprint density at radius 1 is 1.08 bits per heavy atom. The quantitative estimate of drug-likeness (QED) is 0.711. The molecule has 0 fully saturated rings. The van der Waals surface area contributed by atoms with Crippen LogP contribution in [0.1, 0.15) is 41.1 Å². The molecule has 0 saturated heterocycles. The Hall–Kier alpha value is -3.08. The van der Waals surface area contributed by atoms with Crippen LogP contribution < -0.4 is 10.6 Å². The van der Waals surface area contributed by atoms with Crippen molar-refractivity contribution in [1.82, 2.24) is 10.6 Å². The van der Waals surface area contributed by atoms with Gasteiger partial charge in [-0.3, -0.25) is 9.59 Å². The van der Waals surface area contributed by atoms with Crippen LogP contribution in [-0.2, 0) is 4.79 Å². The molecule has 1 atom stereocenters. The third kappa shape index (κ3) is 4.11.